The van der Waals surface area contributed by atoms with Gasteiger partial charge >= 0.3 is 0 Å². The molecular weight excluding hydrogens is 210 g/mol. The Balaban J connectivity index is 2.18. The number of benzene rings is 1. The maximum atomic E-state index is 5.69. The van der Waals surface area contributed by atoms with Gasteiger partial charge in [0.15, 0.2) is 0 Å². The molecule has 0 aliphatic rings. The molecule has 0 fully saturated rings. The molecule has 1 aromatic carbocycles. The number of nitrogens with two attached hydrogens (primary N) is 1. The Labute approximate surface area is 105 Å². The second-order valence-corrected chi connectivity index (χ2v) is 4.92. The summed E-state index contributed by atoms with van der Waals surface area (Å²) < 4.78 is 5.69. The van der Waals surface area contributed by atoms with E-state index in [1.807, 2.05) is 12.1 Å². The third-order valence-electron chi connectivity index (χ3n) is 2.80. The molecular formula is C15H25NO. The van der Waals surface area contributed by atoms with Crippen LogP contribution in [0.25, 0.3) is 0 Å². The van der Waals surface area contributed by atoms with E-state index in [4.69, 9.17) is 10.5 Å². The second-order valence-electron chi connectivity index (χ2n) is 4.92. The summed E-state index contributed by atoms with van der Waals surface area (Å²) in [7, 11) is 0. The van der Waals surface area contributed by atoms with E-state index in [0.717, 1.165) is 31.1 Å². The Bertz CT molecular complexity index is 292. The lowest BCUT2D eigenvalue weighted by Crippen LogP contribution is -2.02. The van der Waals surface area contributed by atoms with Gasteiger partial charge in [-0.3, -0.25) is 0 Å². The highest BCUT2D eigenvalue weighted by Crippen LogP contribution is 2.13. The zero-order chi connectivity index (χ0) is 12.5. The van der Waals surface area contributed by atoms with Crippen LogP contribution in [0.2, 0.25) is 0 Å². The van der Waals surface area contributed by atoms with Gasteiger partial charge < -0.3 is 10.5 Å². The van der Waals surface area contributed by atoms with Gasteiger partial charge in [0.1, 0.15) is 5.75 Å². The van der Waals surface area contributed by atoms with Gasteiger partial charge in [-0.25, -0.2) is 0 Å². The topological polar surface area (TPSA) is 35.2 Å². The first-order chi connectivity index (χ1) is 8.22. The van der Waals surface area contributed by atoms with Gasteiger partial charge in [-0.05, 0) is 49.4 Å². The van der Waals surface area contributed by atoms with E-state index in [1.165, 1.54) is 18.4 Å². The average molecular weight is 235 g/mol. The highest BCUT2D eigenvalue weighted by atomic mass is 16.5. The zero-order valence-electron chi connectivity index (χ0n) is 11.1. The lowest BCUT2D eigenvalue weighted by atomic mass is 10.1. The number of rotatable bonds is 8. The second kappa shape index (κ2) is 8.13. The Morgan fingerprint density at radius 1 is 1.12 bits per heavy atom. The van der Waals surface area contributed by atoms with Crippen LogP contribution in [0.5, 0.6) is 5.75 Å². The monoisotopic (exact) mass is 235 g/mol. The predicted molar refractivity (Wildman–Crippen MR) is 73.4 cm³/mol. The summed E-state index contributed by atoms with van der Waals surface area (Å²) in [4.78, 5) is 0. The predicted octanol–water partition coefficient (Wildman–Crippen LogP) is 3.39. The molecule has 0 aliphatic carbocycles. The van der Waals surface area contributed by atoms with Crippen LogP contribution in [0.4, 0.5) is 0 Å². The normalized spacial score (nSPS) is 10.8. The lowest BCUT2D eigenvalue weighted by molar-refractivity contribution is 0.301. The maximum Gasteiger partial charge on any atom is 0.119 e. The number of ether oxygens (including phenoxy) is 1. The van der Waals surface area contributed by atoms with E-state index in [2.05, 4.69) is 26.0 Å². The van der Waals surface area contributed by atoms with Gasteiger partial charge in [-0.2, -0.15) is 0 Å². The van der Waals surface area contributed by atoms with E-state index in [9.17, 15) is 0 Å². The van der Waals surface area contributed by atoms with Crippen LogP contribution < -0.4 is 10.5 Å². The Kier molecular flexibility index (Phi) is 6.71. The highest BCUT2D eigenvalue weighted by Gasteiger charge is 1.97. The molecule has 0 heterocycles. The van der Waals surface area contributed by atoms with Gasteiger partial charge in [0.25, 0.3) is 0 Å². The van der Waals surface area contributed by atoms with Crippen molar-refractivity contribution in [2.24, 2.45) is 11.7 Å². The van der Waals surface area contributed by atoms with Crippen molar-refractivity contribution in [3.05, 3.63) is 29.8 Å². The molecule has 2 N–H and O–H groups in total. The molecule has 0 radical (unpaired) electrons. The summed E-state index contributed by atoms with van der Waals surface area (Å²) in [5.74, 6) is 1.76. The number of unbranched alkanes of at least 4 members (excludes halogenated alkanes) is 1. The Morgan fingerprint density at radius 2 is 1.82 bits per heavy atom. The standard InChI is InChI=1S/C15H25NO/c1-13(2)5-3-4-12-17-15-8-6-14(7-9-15)10-11-16/h6-9,13H,3-5,10-12,16H2,1-2H3. The van der Waals surface area contributed by atoms with Gasteiger partial charge in [0.2, 0.25) is 0 Å². The fourth-order valence-corrected chi connectivity index (χ4v) is 1.76. The highest BCUT2D eigenvalue weighted by molar-refractivity contribution is 5.27. The molecule has 1 rings (SSSR count). The van der Waals surface area contributed by atoms with Gasteiger partial charge in [-0.1, -0.05) is 32.4 Å². The summed E-state index contributed by atoms with van der Waals surface area (Å²) in [6.07, 6.45) is 4.62. The fourth-order valence-electron chi connectivity index (χ4n) is 1.76. The molecule has 0 unspecified atom stereocenters. The summed E-state index contributed by atoms with van der Waals surface area (Å²) in [6, 6.07) is 8.26. The van der Waals surface area contributed by atoms with Crippen molar-refractivity contribution in [3.8, 4) is 5.75 Å². The lowest BCUT2D eigenvalue weighted by Gasteiger charge is -2.08. The van der Waals surface area contributed by atoms with Crippen LogP contribution in [0.1, 0.15) is 38.7 Å². The van der Waals surface area contributed by atoms with Gasteiger partial charge in [0, 0.05) is 0 Å². The third kappa shape index (κ3) is 6.32. The molecule has 96 valence electrons. The van der Waals surface area contributed by atoms with E-state index in [1.54, 1.807) is 0 Å². The molecule has 0 aromatic heterocycles. The molecule has 0 saturated carbocycles. The van der Waals surface area contributed by atoms with E-state index in [0.29, 0.717) is 6.54 Å². The van der Waals surface area contributed by atoms with Crippen LogP contribution in [0, 0.1) is 5.92 Å². The van der Waals surface area contributed by atoms with Gasteiger partial charge in [-0.15, -0.1) is 0 Å². The van der Waals surface area contributed by atoms with Crippen molar-refractivity contribution < 1.29 is 4.74 Å². The quantitative estimate of drug-likeness (QED) is 0.701. The molecule has 0 saturated heterocycles. The smallest absolute Gasteiger partial charge is 0.119 e. The van der Waals surface area contributed by atoms with E-state index in [-0.39, 0.29) is 0 Å². The Hall–Kier alpha value is -1.02. The van der Waals surface area contributed by atoms with Crippen molar-refractivity contribution in [2.45, 2.75) is 39.5 Å². The molecule has 2 nitrogen and oxygen atoms in total. The SMILES string of the molecule is CC(C)CCCCOc1ccc(CCN)cc1. The summed E-state index contributed by atoms with van der Waals surface area (Å²) in [5, 5.41) is 0. The minimum Gasteiger partial charge on any atom is -0.494 e. The molecule has 2 heteroatoms. The average Bonchev–Trinajstić information content (AvgIpc) is 2.31. The van der Waals surface area contributed by atoms with Crippen LogP contribution >= 0.6 is 0 Å². The third-order valence-corrected chi connectivity index (χ3v) is 2.80. The van der Waals surface area contributed by atoms with Crippen LogP contribution in [0.15, 0.2) is 24.3 Å². The van der Waals surface area contributed by atoms with Crippen molar-refractivity contribution in [2.75, 3.05) is 13.2 Å². The number of hydrogen-bond acceptors (Lipinski definition) is 2. The molecule has 17 heavy (non-hydrogen) atoms. The van der Waals surface area contributed by atoms with E-state index >= 15 is 0 Å². The van der Waals surface area contributed by atoms with Crippen molar-refractivity contribution in [1.82, 2.24) is 0 Å². The largest absolute Gasteiger partial charge is 0.494 e. The first-order valence-corrected chi connectivity index (χ1v) is 6.64. The first-order valence-electron chi connectivity index (χ1n) is 6.64. The van der Waals surface area contributed by atoms with Crippen LogP contribution in [-0.4, -0.2) is 13.2 Å². The van der Waals surface area contributed by atoms with E-state index < -0.39 is 0 Å². The van der Waals surface area contributed by atoms with Gasteiger partial charge in [0.05, 0.1) is 6.61 Å². The minimum atomic E-state index is 0.704. The summed E-state index contributed by atoms with van der Waals surface area (Å²) in [5.41, 5.74) is 6.78. The molecule has 0 amide bonds. The van der Waals surface area contributed by atoms with Crippen LogP contribution in [0.3, 0.4) is 0 Å². The zero-order valence-corrected chi connectivity index (χ0v) is 11.1. The van der Waals surface area contributed by atoms with Crippen LogP contribution in [-0.2, 0) is 6.42 Å². The molecule has 0 spiro atoms. The van der Waals surface area contributed by atoms with Crippen molar-refractivity contribution in [3.63, 3.8) is 0 Å². The molecule has 0 aliphatic heterocycles. The van der Waals surface area contributed by atoms with Crippen molar-refractivity contribution >= 4 is 0 Å². The summed E-state index contributed by atoms with van der Waals surface area (Å²) in [6.45, 7) is 6.05. The first kappa shape index (κ1) is 14.0. The minimum absolute atomic E-state index is 0.704. The fraction of sp³-hybridized carbons (Fsp3) is 0.600. The molecule has 1 aromatic rings. The Morgan fingerprint density at radius 3 is 2.41 bits per heavy atom. The molecule has 0 bridgehead atoms. The summed E-state index contributed by atoms with van der Waals surface area (Å²) >= 11 is 0. The number of hydrogen-bond donors (Lipinski definition) is 1. The molecule has 0 atom stereocenters. The van der Waals surface area contributed by atoms with Crippen molar-refractivity contribution in [1.29, 1.82) is 0 Å². The maximum absolute atomic E-state index is 5.69.